The molecule has 5 nitrogen and oxygen atoms in total. The predicted molar refractivity (Wildman–Crippen MR) is 195 cm³/mol. The summed E-state index contributed by atoms with van der Waals surface area (Å²) in [4.78, 5) is 15.9. The van der Waals surface area contributed by atoms with E-state index in [0.717, 1.165) is 66.9 Å². The predicted octanol–water partition coefficient (Wildman–Crippen LogP) is 11.6. The van der Waals surface area contributed by atoms with Gasteiger partial charge in [0.1, 0.15) is 16.9 Å². The molecular formula is C42H32N4O. The van der Waals surface area contributed by atoms with Crippen molar-refractivity contribution in [2.24, 2.45) is 0 Å². The van der Waals surface area contributed by atoms with Crippen molar-refractivity contribution in [3.63, 3.8) is 0 Å². The molecule has 0 saturated heterocycles. The van der Waals surface area contributed by atoms with Crippen LogP contribution in [0, 0.1) is 0 Å². The Morgan fingerprint density at radius 1 is 0.681 bits per heavy atom. The van der Waals surface area contributed by atoms with Gasteiger partial charge in [-0.1, -0.05) is 81.4 Å². The smallest absolute Gasteiger partial charge is 0.154 e. The van der Waals surface area contributed by atoms with Crippen molar-refractivity contribution in [1.29, 1.82) is 0 Å². The Bertz CT molecular complexity index is 2620. The Balaban J connectivity index is 1.21. The van der Waals surface area contributed by atoms with Gasteiger partial charge in [-0.05, 0) is 83.1 Å². The van der Waals surface area contributed by atoms with E-state index in [0.29, 0.717) is 0 Å². The van der Waals surface area contributed by atoms with Gasteiger partial charge in [0.15, 0.2) is 5.58 Å². The molecule has 5 aromatic carbocycles. The number of hydrogen-bond acceptors (Lipinski definition) is 4. The summed E-state index contributed by atoms with van der Waals surface area (Å²) in [5.41, 5.74) is 9.96. The molecular weight excluding hydrogens is 576 g/mol. The van der Waals surface area contributed by atoms with E-state index in [1.165, 1.54) is 21.7 Å². The average Bonchev–Trinajstić information content (AvgIpc) is 3.66. The minimum absolute atomic E-state index is 0.0645. The minimum Gasteiger partial charge on any atom is -0.454 e. The van der Waals surface area contributed by atoms with Crippen LogP contribution in [0.1, 0.15) is 26.3 Å². The molecule has 226 valence electrons. The Morgan fingerprint density at radius 3 is 2.38 bits per heavy atom. The number of aromatic amines is 1. The molecule has 1 N–H and O–H groups in total. The van der Waals surface area contributed by atoms with Crippen LogP contribution in [0.25, 0.3) is 65.9 Å². The van der Waals surface area contributed by atoms with Crippen LogP contribution in [0.5, 0.6) is 0 Å². The van der Waals surface area contributed by atoms with Crippen molar-refractivity contribution in [3.05, 3.63) is 139 Å². The first-order valence-electron chi connectivity index (χ1n) is 16.0. The first-order valence-corrected chi connectivity index (χ1v) is 16.0. The number of fused-ring (bicyclic) bond motifs is 8. The summed E-state index contributed by atoms with van der Waals surface area (Å²) in [6.45, 7) is 6.76. The van der Waals surface area contributed by atoms with Crippen molar-refractivity contribution in [3.8, 4) is 11.3 Å². The van der Waals surface area contributed by atoms with Gasteiger partial charge in [-0.3, -0.25) is 4.90 Å². The summed E-state index contributed by atoms with van der Waals surface area (Å²) >= 11 is 0. The zero-order valence-corrected chi connectivity index (χ0v) is 26.5. The lowest BCUT2D eigenvalue weighted by atomic mass is 9.86. The third-order valence-electron chi connectivity index (χ3n) is 9.20. The van der Waals surface area contributed by atoms with Gasteiger partial charge in [-0.25, -0.2) is 9.97 Å². The number of anilines is 3. The van der Waals surface area contributed by atoms with E-state index in [-0.39, 0.29) is 5.41 Å². The molecule has 0 aliphatic rings. The fraction of sp³-hybridized carbons (Fsp3) is 0.0952. The number of rotatable bonds is 4. The molecule has 0 spiro atoms. The lowest BCUT2D eigenvalue weighted by Crippen LogP contribution is -2.12. The van der Waals surface area contributed by atoms with Crippen molar-refractivity contribution >= 4 is 71.8 Å². The standard InChI is InChI=1S/C42H32N4O/c1-42(2,3)28-17-19-34-32(25-28)31-18-21-36-39(40(31)45-34)41-37(47-36)22-20-33(44-41)27-12-8-13-29(24-27)46(38-16-6-7-23-43-38)35-15-9-11-26-10-4-5-14-30(26)35/h4-25,45H,1-3H3. The number of nitrogens with zero attached hydrogens (tertiary/aromatic N) is 3. The Kier molecular flexibility index (Phi) is 6.00. The molecule has 9 rings (SSSR count). The molecule has 0 atom stereocenters. The molecule has 0 radical (unpaired) electrons. The van der Waals surface area contributed by atoms with E-state index in [4.69, 9.17) is 14.4 Å². The van der Waals surface area contributed by atoms with Crippen LogP contribution in [0.2, 0.25) is 0 Å². The van der Waals surface area contributed by atoms with Crippen molar-refractivity contribution in [1.82, 2.24) is 15.0 Å². The Hall–Kier alpha value is -5.94. The summed E-state index contributed by atoms with van der Waals surface area (Å²) in [7, 11) is 0. The highest BCUT2D eigenvalue weighted by Gasteiger charge is 2.20. The number of benzene rings is 5. The zero-order valence-electron chi connectivity index (χ0n) is 26.5. The molecule has 0 bridgehead atoms. The zero-order chi connectivity index (χ0) is 31.7. The molecule has 0 saturated carbocycles. The molecule has 0 amide bonds. The highest BCUT2D eigenvalue weighted by Crippen LogP contribution is 2.41. The van der Waals surface area contributed by atoms with Crippen LogP contribution in [0.3, 0.4) is 0 Å². The maximum Gasteiger partial charge on any atom is 0.154 e. The highest BCUT2D eigenvalue weighted by atomic mass is 16.3. The molecule has 0 aliphatic heterocycles. The van der Waals surface area contributed by atoms with E-state index in [9.17, 15) is 0 Å². The van der Waals surface area contributed by atoms with Crippen LogP contribution in [-0.2, 0) is 5.41 Å². The minimum atomic E-state index is 0.0645. The number of aromatic nitrogens is 3. The van der Waals surface area contributed by atoms with Gasteiger partial charge < -0.3 is 9.40 Å². The van der Waals surface area contributed by atoms with Gasteiger partial charge in [0.2, 0.25) is 0 Å². The third kappa shape index (κ3) is 4.46. The van der Waals surface area contributed by atoms with Crippen molar-refractivity contribution in [2.45, 2.75) is 26.2 Å². The first-order chi connectivity index (χ1) is 22.9. The SMILES string of the molecule is CC(C)(C)c1ccc2[nH]c3c(ccc4oc5ccc(-c6cccc(N(c7ccccn7)c7cccc8ccccc78)c6)nc5c43)c2c1. The quantitative estimate of drug-likeness (QED) is 0.216. The summed E-state index contributed by atoms with van der Waals surface area (Å²) < 4.78 is 6.34. The second-order valence-corrected chi connectivity index (χ2v) is 13.2. The number of nitrogens with one attached hydrogen (secondary N) is 1. The summed E-state index contributed by atoms with van der Waals surface area (Å²) in [6.07, 6.45) is 1.84. The molecule has 4 aromatic heterocycles. The number of pyridine rings is 2. The fourth-order valence-corrected chi connectivity index (χ4v) is 6.81. The van der Waals surface area contributed by atoms with Crippen LogP contribution in [0.15, 0.2) is 138 Å². The fourth-order valence-electron chi connectivity index (χ4n) is 6.81. The maximum atomic E-state index is 6.34. The second-order valence-electron chi connectivity index (χ2n) is 13.2. The van der Waals surface area contributed by atoms with Gasteiger partial charge in [0, 0.05) is 39.1 Å². The number of H-pyrrole nitrogens is 1. The molecule has 5 heteroatoms. The van der Waals surface area contributed by atoms with E-state index < -0.39 is 0 Å². The average molecular weight is 609 g/mol. The van der Waals surface area contributed by atoms with Gasteiger partial charge in [0.25, 0.3) is 0 Å². The monoisotopic (exact) mass is 608 g/mol. The molecule has 0 unspecified atom stereocenters. The van der Waals surface area contributed by atoms with Gasteiger partial charge >= 0.3 is 0 Å². The molecule has 0 aliphatic carbocycles. The molecule has 9 aromatic rings. The van der Waals surface area contributed by atoms with E-state index in [1.807, 2.05) is 36.5 Å². The summed E-state index contributed by atoms with van der Waals surface area (Å²) in [5, 5.41) is 5.74. The van der Waals surface area contributed by atoms with Crippen LogP contribution < -0.4 is 4.90 Å². The van der Waals surface area contributed by atoms with Crippen molar-refractivity contribution < 1.29 is 4.42 Å². The van der Waals surface area contributed by atoms with E-state index in [2.05, 4.69) is 128 Å². The molecule has 47 heavy (non-hydrogen) atoms. The lowest BCUT2D eigenvalue weighted by molar-refractivity contribution is 0.591. The number of hydrogen-bond donors (Lipinski definition) is 1. The lowest BCUT2D eigenvalue weighted by Gasteiger charge is -2.26. The highest BCUT2D eigenvalue weighted by molar-refractivity contribution is 6.22. The van der Waals surface area contributed by atoms with E-state index >= 15 is 0 Å². The third-order valence-corrected chi connectivity index (χ3v) is 9.20. The molecule has 4 heterocycles. The normalized spacial score (nSPS) is 12.1. The first kappa shape index (κ1) is 27.4. The van der Waals surface area contributed by atoms with Gasteiger partial charge in [-0.2, -0.15) is 0 Å². The van der Waals surface area contributed by atoms with Crippen molar-refractivity contribution in [2.75, 3.05) is 4.90 Å². The maximum absolute atomic E-state index is 6.34. The van der Waals surface area contributed by atoms with Gasteiger partial charge in [0.05, 0.1) is 22.3 Å². The topological polar surface area (TPSA) is 58.0 Å². The number of furan rings is 1. The van der Waals surface area contributed by atoms with Crippen LogP contribution in [-0.4, -0.2) is 15.0 Å². The Labute approximate surface area is 272 Å². The van der Waals surface area contributed by atoms with Gasteiger partial charge in [-0.15, -0.1) is 0 Å². The van der Waals surface area contributed by atoms with Crippen LogP contribution >= 0.6 is 0 Å². The second kappa shape index (κ2) is 10.3. The largest absolute Gasteiger partial charge is 0.454 e. The Morgan fingerprint density at radius 2 is 1.51 bits per heavy atom. The molecule has 0 fully saturated rings. The summed E-state index contributed by atoms with van der Waals surface area (Å²) in [6, 6.07) is 44.5. The van der Waals surface area contributed by atoms with E-state index in [1.54, 1.807) is 0 Å². The van der Waals surface area contributed by atoms with Crippen LogP contribution in [0.4, 0.5) is 17.2 Å². The summed E-state index contributed by atoms with van der Waals surface area (Å²) in [5.74, 6) is 0.848.